The molecule has 2 aromatic heterocycles. The first-order chi connectivity index (χ1) is 15.0. The van der Waals surface area contributed by atoms with Crippen LogP contribution >= 0.6 is 0 Å². The Labute approximate surface area is 185 Å². The van der Waals surface area contributed by atoms with Gasteiger partial charge in [-0.05, 0) is 49.6 Å². The van der Waals surface area contributed by atoms with E-state index in [0.717, 1.165) is 62.3 Å². The molecule has 1 saturated carbocycles. The summed E-state index contributed by atoms with van der Waals surface area (Å²) in [7, 11) is -2.27. The molecule has 8 heteroatoms. The van der Waals surface area contributed by atoms with Crippen LogP contribution in [0, 0.1) is 0 Å². The van der Waals surface area contributed by atoms with Crippen LogP contribution in [-0.2, 0) is 22.9 Å². The topological polar surface area (TPSA) is 84.4 Å². The summed E-state index contributed by atoms with van der Waals surface area (Å²) in [6, 6.07) is 5.39. The summed E-state index contributed by atoms with van der Waals surface area (Å²) in [5.41, 5.74) is 3.42. The number of hydrogen-bond donors (Lipinski definition) is 1. The number of likely N-dealkylation sites (N-methyl/N-ethyl adjacent to an activating group) is 1. The van der Waals surface area contributed by atoms with E-state index in [1.807, 2.05) is 12.1 Å². The Bertz CT molecular complexity index is 1000. The van der Waals surface area contributed by atoms with Crippen molar-refractivity contribution in [3.63, 3.8) is 0 Å². The maximum atomic E-state index is 13.0. The first kappa shape index (κ1) is 22.0. The van der Waals surface area contributed by atoms with E-state index in [4.69, 9.17) is 4.74 Å². The Balaban J connectivity index is 1.55. The summed E-state index contributed by atoms with van der Waals surface area (Å²) in [6.07, 6.45) is 9.11. The zero-order valence-corrected chi connectivity index (χ0v) is 19.2. The maximum Gasteiger partial charge on any atom is 0.263 e. The Morgan fingerprint density at radius 1 is 1.16 bits per heavy atom. The minimum atomic E-state index is -3.79. The van der Waals surface area contributed by atoms with Gasteiger partial charge in [0.05, 0.1) is 7.11 Å². The molecule has 0 aromatic carbocycles. The second kappa shape index (κ2) is 9.53. The fourth-order valence-corrected chi connectivity index (χ4v) is 5.59. The number of aromatic nitrogens is 2. The highest BCUT2D eigenvalue weighted by Crippen LogP contribution is 2.32. The molecule has 2 aliphatic rings. The first-order valence-electron chi connectivity index (χ1n) is 11.3. The van der Waals surface area contributed by atoms with Gasteiger partial charge < -0.3 is 9.64 Å². The van der Waals surface area contributed by atoms with Gasteiger partial charge in [-0.15, -0.1) is 0 Å². The average Bonchev–Trinajstić information content (AvgIpc) is 3.00. The lowest BCUT2D eigenvalue weighted by molar-refractivity contribution is 0.303. The Morgan fingerprint density at radius 2 is 1.94 bits per heavy atom. The van der Waals surface area contributed by atoms with Gasteiger partial charge in [-0.3, -0.25) is 9.71 Å². The van der Waals surface area contributed by atoms with Crippen LogP contribution in [0.25, 0.3) is 0 Å². The van der Waals surface area contributed by atoms with Gasteiger partial charge in [-0.1, -0.05) is 26.2 Å². The zero-order valence-electron chi connectivity index (χ0n) is 18.4. The Hall–Kier alpha value is -2.19. The molecule has 7 nitrogen and oxygen atoms in total. The van der Waals surface area contributed by atoms with Gasteiger partial charge in [0.15, 0.2) is 0 Å². The molecule has 0 bridgehead atoms. The molecular weight excluding hydrogens is 412 g/mol. The summed E-state index contributed by atoms with van der Waals surface area (Å²) >= 11 is 0. The largest absolute Gasteiger partial charge is 0.479 e. The lowest BCUT2D eigenvalue weighted by atomic mass is 9.87. The molecule has 1 aliphatic heterocycles. The number of fused-ring (bicyclic) bond motifs is 1. The lowest BCUT2D eigenvalue weighted by Gasteiger charge is -2.21. The van der Waals surface area contributed by atoms with Crippen molar-refractivity contribution in [1.29, 1.82) is 0 Å². The third kappa shape index (κ3) is 5.01. The van der Waals surface area contributed by atoms with Crippen LogP contribution in [0.1, 0.15) is 61.9 Å². The van der Waals surface area contributed by atoms with Crippen molar-refractivity contribution in [2.75, 3.05) is 31.5 Å². The molecule has 1 aliphatic carbocycles. The molecule has 1 fully saturated rings. The second-order valence-corrected chi connectivity index (χ2v) is 10.1. The van der Waals surface area contributed by atoms with Gasteiger partial charge in [0, 0.05) is 43.0 Å². The van der Waals surface area contributed by atoms with Crippen molar-refractivity contribution in [2.24, 2.45) is 0 Å². The van der Waals surface area contributed by atoms with E-state index in [1.165, 1.54) is 32.6 Å². The van der Waals surface area contributed by atoms with Crippen LogP contribution in [0.15, 0.2) is 29.3 Å². The monoisotopic (exact) mass is 444 g/mol. The van der Waals surface area contributed by atoms with Gasteiger partial charge in [0.25, 0.3) is 10.0 Å². The summed E-state index contributed by atoms with van der Waals surface area (Å²) in [5.74, 6) is 0.745. The van der Waals surface area contributed by atoms with Crippen LogP contribution in [-0.4, -0.2) is 50.0 Å². The molecule has 0 atom stereocenters. The first-order valence-corrected chi connectivity index (χ1v) is 12.8. The molecule has 31 heavy (non-hydrogen) atoms. The Kier molecular flexibility index (Phi) is 6.77. The number of anilines is 1. The van der Waals surface area contributed by atoms with E-state index in [1.54, 1.807) is 6.07 Å². The molecular formula is C23H32N4O3S. The molecule has 0 unspecified atom stereocenters. The lowest BCUT2D eigenvalue weighted by Crippen LogP contribution is -2.25. The molecule has 168 valence electrons. The van der Waals surface area contributed by atoms with Gasteiger partial charge in [-0.2, -0.15) is 0 Å². The number of hydrogen-bond acceptors (Lipinski definition) is 6. The highest BCUT2D eigenvalue weighted by atomic mass is 32.2. The SMILES string of the molecule is CCN1CCc2cc(NS(=O)(=O)c3ccc(C4CCCCC4)nc3)c(OC)nc2CC1. The molecule has 3 heterocycles. The normalized spacial score (nSPS) is 18.3. The van der Waals surface area contributed by atoms with Gasteiger partial charge in [0.2, 0.25) is 5.88 Å². The molecule has 1 N–H and O–H groups in total. The highest BCUT2D eigenvalue weighted by molar-refractivity contribution is 7.92. The molecule has 0 amide bonds. The van der Waals surface area contributed by atoms with Gasteiger partial charge in [-0.25, -0.2) is 13.4 Å². The van der Waals surface area contributed by atoms with Crippen molar-refractivity contribution in [2.45, 2.75) is 62.7 Å². The quantitative estimate of drug-likeness (QED) is 0.730. The number of nitrogens with one attached hydrogen (secondary N) is 1. The van der Waals surface area contributed by atoms with E-state index in [9.17, 15) is 8.42 Å². The van der Waals surface area contributed by atoms with Crippen LogP contribution in [0.2, 0.25) is 0 Å². The van der Waals surface area contributed by atoms with E-state index >= 15 is 0 Å². The number of methoxy groups -OCH3 is 1. The van der Waals surface area contributed by atoms with Crippen molar-refractivity contribution >= 4 is 15.7 Å². The zero-order chi connectivity index (χ0) is 21.8. The number of sulfonamides is 1. The number of ether oxygens (including phenoxy) is 1. The predicted octanol–water partition coefficient (Wildman–Crippen LogP) is 3.75. The highest BCUT2D eigenvalue weighted by Gasteiger charge is 2.23. The van der Waals surface area contributed by atoms with Crippen molar-refractivity contribution in [1.82, 2.24) is 14.9 Å². The Morgan fingerprint density at radius 3 is 2.61 bits per heavy atom. The van der Waals surface area contributed by atoms with E-state index in [-0.39, 0.29) is 4.90 Å². The van der Waals surface area contributed by atoms with Crippen LogP contribution < -0.4 is 9.46 Å². The summed E-state index contributed by atoms with van der Waals surface area (Å²) in [5, 5.41) is 0. The number of pyridine rings is 2. The standard InChI is InChI=1S/C23H32N4O3S/c1-3-27-13-11-18-15-22(23(30-2)25-21(18)12-14-27)26-31(28,29)19-9-10-20(24-16-19)17-7-5-4-6-8-17/h9-10,15-17,26H,3-8,11-14H2,1-2H3. The van der Waals surface area contributed by atoms with Gasteiger partial charge in [0.1, 0.15) is 10.6 Å². The third-order valence-electron chi connectivity index (χ3n) is 6.50. The van der Waals surface area contributed by atoms with Crippen molar-refractivity contribution in [3.05, 3.63) is 41.3 Å². The van der Waals surface area contributed by atoms with Crippen LogP contribution in [0.4, 0.5) is 5.69 Å². The third-order valence-corrected chi connectivity index (χ3v) is 7.85. The molecule has 0 spiro atoms. The van der Waals surface area contributed by atoms with Gasteiger partial charge >= 0.3 is 0 Å². The average molecular weight is 445 g/mol. The smallest absolute Gasteiger partial charge is 0.263 e. The second-order valence-electron chi connectivity index (χ2n) is 8.44. The molecule has 4 rings (SSSR count). The summed E-state index contributed by atoms with van der Waals surface area (Å²) in [6.45, 7) is 5.03. The number of nitrogens with zero attached hydrogens (tertiary/aromatic N) is 3. The summed E-state index contributed by atoms with van der Waals surface area (Å²) in [4.78, 5) is 11.6. The van der Waals surface area contributed by atoms with Crippen LogP contribution in [0.5, 0.6) is 5.88 Å². The maximum absolute atomic E-state index is 13.0. The molecule has 0 radical (unpaired) electrons. The minimum absolute atomic E-state index is 0.154. The van der Waals surface area contributed by atoms with Crippen LogP contribution in [0.3, 0.4) is 0 Å². The predicted molar refractivity (Wildman–Crippen MR) is 121 cm³/mol. The minimum Gasteiger partial charge on any atom is -0.479 e. The molecule has 2 aromatic rings. The van der Waals surface area contributed by atoms with Crippen molar-refractivity contribution < 1.29 is 13.2 Å². The fraction of sp³-hybridized carbons (Fsp3) is 0.565. The van der Waals surface area contributed by atoms with E-state index in [2.05, 4.69) is 26.5 Å². The van der Waals surface area contributed by atoms with Crippen molar-refractivity contribution in [3.8, 4) is 5.88 Å². The number of rotatable bonds is 6. The fourth-order valence-electron chi connectivity index (χ4n) is 4.60. The molecule has 0 saturated heterocycles. The van der Waals surface area contributed by atoms with E-state index in [0.29, 0.717) is 17.5 Å². The van der Waals surface area contributed by atoms with E-state index < -0.39 is 10.0 Å². The summed E-state index contributed by atoms with van der Waals surface area (Å²) < 4.78 is 34.2.